The number of rotatable bonds is 2. The topological polar surface area (TPSA) is 17.1 Å². The van der Waals surface area contributed by atoms with Crippen molar-refractivity contribution in [2.75, 3.05) is 0 Å². The number of carbonyl (C=O) groups is 1. The van der Waals surface area contributed by atoms with Crippen molar-refractivity contribution in [3.05, 3.63) is 68.7 Å². The molecule has 0 aliphatic heterocycles. The van der Waals surface area contributed by atoms with Crippen LogP contribution in [0.4, 0.5) is 8.78 Å². The molecule has 0 bridgehead atoms. The van der Waals surface area contributed by atoms with Gasteiger partial charge >= 0.3 is 0 Å². The van der Waals surface area contributed by atoms with E-state index in [1.165, 1.54) is 24.3 Å². The molecule has 0 aromatic heterocycles. The molecule has 0 atom stereocenters. The lowest BCUT2D eigenvalue weighted by Crippen LogP contribution is -2.04. The van der Waals surface area contributed by atoms with Gasteiger partial charge in [0.1, 0.15) is 11.6 Å². The summed E-state index contributed by atoms with van der Waals surface area (Å²) in [6, 6.07) is 7.18. The third-order valence-electron chi connectivity index (χ3n) is 2.35. The van der Waals surface area contributed by atoms with Gasteiger partial charge in [-0.15, -0.1) is 0 Å². The van der Waals surface area contributed by atoms with Crippen molar-refractivity contribution in [3.63, 3.8) is 0 Å². The summed E-state index contributed by atoms with van der Waals surface area (Å²) in [5, 5.41) is 0.151. The molecule has 0 unspecified atom stereocenters. The van der Waals surface area contributed by atoms with E-state index in [4.69, 9.17) is 11.6 Å². The maximum absolute atomic E-state index is 13.1. The Labute approximate surface area is 116 Å². The van der Waals surface area contributed by atoms with Crippen molar-refractivity contribution in [2.45, 2.75) is 0 Å². The zero-order chi connectivity index (χ0) is 13.3. The van der Waals surface area contributed by atoms with E-state index in [0.717, 1.165) is 12.1 Å². The predicted octanol–water partition coefficient (Wildman–Crippen LogP) is 4.61. The van der Waals surface area contributed by atoms with Gasteiger partial charge in [0.05, 0.1) is 5.02 Å². The lowest BCUT2D eigenvalue weighted by Gasteiger charge is -2.06. The molecule has 0 heterocycles. The lowest BCUT2D eigenvalue weighted by atomic mass is 10.0. The second-order valence-electron chi connectivity index (χ2n) is 3.58. The summed E-state index contributed by atoms with van der Waals surface area (Å²) in [6.45, 7) is 0. The highest BCUT2D eigenvalue weighted by molar-refractivity contribution is 9.10. The highest BCUT2D eigenvalue weighted by Gasteiger charge is 2.16. The molecule has 5 heteroatoms. The first-order chi connectivity index (χ1) is 8.49. The molecular weight excluding hydrogens is 325 g/mol. The van der Waals surface area contributed by atoms with Gasteiger partial charge in [0.2, 0.25) is 0 Å². The van der Waals surface area contributed by atoms with Gasteiger partial charge in [0, 0.05) is 15.6 Å². The van der Waals surface area contributed by atoms with Crippen LogP contribution in [0.1, 0.15) is 15.9 Å². The van der Waals surface area contributed by atoms with Gasteiger partial charge in [-0.2, -0.15) is 0 Å². The first-order valence-corrected chi connectivity index (χ1v) is 6.11. The van der Waals surface area contributed by atoms with Crippen molar-refractivity contribution in [2.24, 2.45) is 0 Å². The molecular formula is C13H6BrClF2O. The normalized spacial score (nSPS) is 10.4. The van der Waals surface area contributed by atoms with Crippen LogP contribution >= 0.6 is 27.5 Å². The summed E-state index contributed by atoms with van der Waals surface area (Å²) in [6.07, 6.45) is 0. The van der Waals surface area contributed by atoms with Crippen LogP contribution in [0.25, 0.3) is 0 Å². The van der Waals surface area contributed by atoms with Crippen LogP contribution in [0.15, 0.2) is 40.9 Å². The molecule has 0 aliphatic carbocycles. The molecule has 2 aromatic rings. The quantitative estimate of drug-likeness (QED) is 0.734. The average molecular weight is 332 g/mol. The number of hydrogen-bond acceptors (Lipinski definition) is 1. The van der Waals surface area contributed by atoms with Crippen LogP contribution in [0, 0.1) is 11.6 Å². The predicted molar refractivity (Wildman–Crippen MR) is 68.9 cm³/mol. The van der Waals surface area contributed by atoms with Crippen LogP contribution in [-0.2, 0) is 0 Å². The number of ketones is 1. The van der Waals surface area contributed by atoms with Crippen molar-refractivity contribution in [1.29, 1.82) is 0 Å². The fourth-order valence-electron chi connectivity index (χ4n) is 1.49. The summed E-state index contributed by atoms with van der Waals surface area (Å²) in [5.74, 6) is -1.49. The zero-order valence-electron chi connectivity index (χ0n) is 8.88. The van der Waals surface area contributed by atoms with Crippen LogP contribution in [0.5, 0.6) is 0 Å². The first kappa shape index (κ1) is 13.2. The molecule has 18 heavy (non-hydrogen) atoms. The Morgan fingerprint density at radius 3 is 2.28 bits per heavy atom. The van der Waals surface area contributed by atoms with E-state index in [-0.39, 0.29) is 16.1 Å². The minimum Gasteiger partial charge on any atom is -0.289 e. The van der Waals surface area contributed by atoms with E-state index in [2.05, 4.69) is 15.9 Å². The van der Waals surface area contributed by atoms with Crippen LogP contribution in [0.3, 0.4) is 0 Å². The van der Waals surface area contributed by atoms with Crippen LogP contribution < -0.4 is 0 Å². The first-order valence-electron chi connectivity index (χ1n) is 4.94. The monoisotopic (exact) mass is 330 g/mol. The molecule has 1 nitrogen and oxygen atoms in total. The highest BCUT2D eigenvalue weighted by atomic mass is 79.9. The second kappa shape index (κ2) is 5.16. The Bertz CT molecular complexity index is 628. The van der Waals surface area contributed by atoms with Crippen molar-refractivity contribution in [3.8, 4) is 0 Å². The third-order valence-corrected chi connectivity index (χ3v) is 3.33. The summed E-state index contributed by atoms with van der Waals surface area (Å²) < 4.78 is 26.3. The molecule has 0 spiro atoms. The van der Waals surface area contributed by atoms with Gasteiger partial charge in [-0.1, -0.05) is 11.6 Å². The number of hydrogen-bond donors (Lipinski definition) is 0. The zero-order valence-corrected chi connectivity index (χ0v) is 11.2. The standard InChI is InChI=1S/C13H6BrClF2O/c14-11-6-8(17)1-3-9(11)13(18)10-5-7(16)2-4-12(10)15/h1-6H. The summed E-state index contributed by atoms with van der Waals surface area (Å²) in [7, 11) is 0. The Hall–Kier alpha value is -1.26. The van der Waals surface area contributed by atoms with E-state index < -0.39 is 17.4 Å². The Morgan fingerprint density at radius 2 is 1.61 bits per heavy atom. The smallest absolute Gasteiger partial charge is 0.195 e. The lowest BCUT2D eigenvalue weighted by molar-refractivity contribution is 0.103. The highest BCUT2D eigenvalue weighted by Crippen LogP contribution is 2.25. The van der Waals surface area contributed by atoms with Crippen LogP contribution in [0.2, 0.25) is 5.02 Å². The molecule has 92 valence electrons. The largest absolute Gasteiger partial charge is 0.289 e. The average Bonchev–Trinajstić information content (AvgIpc) is 2.31. The van der Waals surface area contributed by atoms with E-state index in [1.54, 1.807) is 0 Å². The molecule has 2 rings (SSSR count). The molecule has 0 radical (unpaired) electrons. The maximum atomic E-state index is 13.1. The molecule has 0 N–H and O–H groups in total. The van der Waals surface area contributed by atoms with Crippen LogP contribution in [-0.4, -0.2) is 5.78 Å². The Morgan fingerprint density at radius 1 is 1.00 bits per heavy atom. The van der Waals surface area contributed by atoms with Crippen molar-refractivity contribution in [1.82, 2.24) is 0 Å². The Kier molecular flexibility index (Phi) is 3.78. The van der Waals surface area contributed by atoms with E-state index >= 15 is 0 Å². The minimum absolute atomic E-state index is 0.0453. The van der Waals surface area contributed by atoms with E-state index in [9.17, 15) is 13.6 Å². The van der Waals surface area contributed by atoms with E-state index in [1.807, 2.05) is 0 Å². The van der Waals surface area contributed by atoms with Gasteiger partial charge in [-0.3, -0.25) is 4.79 Å². The third kappa shape index (κ3) is 2.60. The Balaban J connectivity index is 2.51. The second-order valence-corrected chi connectivity index (χ2v) is 4.84. The molecule has 0 fully saturated rings. The van der Waals surface area contributed by atoms with Crippen molar-refractivity contribution >= 4 is 33.3 Å². The van der Waals surface area contributed by atoms with Gasteiger partial charge < -0.3 is 0 Å². The van der Waals surface area contributed by atoms with Gasteiger partial charge in [0.15, 0.2) is 5.78 Å². The molecule has 0 saturated carbocycles. The molecule has 2 aromatic carbocycles. The number of halogens is 4. The fourth-order valence-corrected chi connectivity index (χ4v) is 2.22. The van der Waals surface area contributed by atoms with E-state index in [0.29, 0.717) is 4.47 Å². The SMILES string of the molecule is O=C(c1cc(F)ccc1Cl)c1ccc(F)cc1Br. The summed E-state index contributed by atoms with van der Waals surface area (Å²) >= 11 is 8.94. The molecule has 0 amide bonds. The fraction of sp³-hybridized carbons (Fsp3) is 0. The molecule has 0 aliphatic rings. The number of benzene rings is 2. The maximum Gasteiger partial charge on any atom is 0.195 e. The number of carbonyl (C=O) groups excluding carboxylic acids is 1. The summed E-state index contributed by atoms with van der Waals surface area (Å²) in [4.78, 5) is 12.1. The van der Waals surface area contributed by atoms with Crippen molar-refractivity contribution < 1.29 is 13.6 Å². The van der Waals surface area contributed by atoms with Gasteiger partial charge in [-0.05, 0) is 52.3 Å². The minimum atomic E-state index is -0.555. The van der Waals surface area contributed by atoms with Gasteiger partial charge in [-0.25, -0.2) is 8.78 Å². The summed E-state index contributed by atoms with van der Waals surface area (Å²) in [5.41, 5.74) is 0.271. The molecule has 0 saturated heterocycles. The van der Waals surface area contributed by atoms with Gasteiger partial charge in [0.25, 0.3) is 0 Å².